The van der Waals surface area contributed by atoms with Gasteiger partial charge in [-0.3, -0.25) is 4.90 Å². The van der Waals surface area contributed by atoms with Crippen molar-refractivity contribution in [1.29, 1.82) is 0 Å². The van der Waals surface area contributed by atoms with Crippen molar-refractivity contribution in [2.45, 2.75) is 25.5 Å². The summed E-state index contributed by atoms with van der Waals surface area (Å²) in [6.07, 6.45) is 0.671. The molecule has 0 radical (unpaired) electrons. The van der Waals surface area contributed by atoms with Crippen LogP contribution in [0.25, 0.3) is 0 Å². The van der Waals surface area contributed by atoms with Gasteiger partial charge in [-0.2, -0.15) is 0 Å². The highest BCUT2D eigenvalue weighted by molar-refractivity contribution is 7.80. The van der Waals surface area contributed by atoms with Gasteiger partial charge in [-0.1, -0.05) is 36.5 Å². The Morgan fingerprint density at radius 3 is 2.67 bits per heavy atom. The highest BCUT2D eigenvalue weighted by Crippen LogP contribution is 2.18. The van der Waals surface area contributed by atoms with Crippen LogP contribution in [-0.2, 0) is 0 Å². The zero-order valence-electron chi connectivity index (χ0n) is 12.8. The first-order valence-corrected chi connectivity index (χ1v) is 7.88. The second-order valence-electron chi connectivity index (χ2n) is 5.96. The fourth-order valence-corrected chi connectivity index (χ4v) is 3.03. The van der Waals surface area contributed by atoms with E-state index >= 15 is 0 Å². The highest BCUT2D eigenvalue weighted by Gasteiger charge is 2.22. The third kappa shape index (κ3) is 4.48. The molecule has 1 aromatic rings. The van der Waals surface area contributed by atoms with Gasteiger partial charge in [0.1, 0.15) is 4.99 Å². The average Bonchev–Trinajstić information content (AvgIpc) is 2.60. The molecule has 21 heavy (non-hydrogen) atoms. The summed E-state index contributed by atoms with van der Waals surface area (Å²) in [7, 11) is 2.16. The van der Waals surface area contributed by atoms with Gasteiger partial charge < -0.3 is 15.7 Å². The van der Waals surface area contributed by atoms with E-state index in [1.165, 1.54) is 0 Å². The van der Waals surface area contributed by atoms with Gasteiger partial charge in [0.15, 0.2) is 0 Å². The molecule has 1 fully saturated rings. The zero-order chi connectivity index (χ0) is 15.4. The zero-order valence-corrected chi connectivity index (χ0v) is 13.6. The van der Waals surface area contributed by atoms with Crippen LogP contribution in [-0.4, -0.2) is 59.2 Å². The van der Waals surface area contributed by atoms with Gasteiger partial charge in [0.25, 0.3) is 0 Å². The molecule has 1 saturated heterocycles. The van der Waals surface area contributed by atoms with Gasteiger partial charge >= 0.3 is 0 Å². The van der Waals surface area contributed by atoms with Crippen LogP contribution in [0.5, 0.6) is 0 Å². The van der Waals surface area contributed by atoms with E-state index in [1.807, 2.05) is 24.3 Å². The molecular formula is C16H25N3OS. The number of likely N-dealkylation sites (N-methyl/N-ethyl adjacent to an activating group) is 1. The normalized spacial score (nSPS) is 22.7. The molecule has 4 nitrogen and oxygen atoms in total. The number of rotatable bonds is 4. The van der Waals surface area contributed by atoms with E-state index in [2.05, 4.69) is 23.8 Å². The molecule has 0 bridgehead atoms. The summed E-state index contributed by atoms with van der Waals surface area (Å²) >= 11 is 4.95. The van der Waals surface area contributed by atoms with Crippen LogP contribution < -0.4 is 5.73 Å². The molecule has 5 heteroatoms. The maximum Gasteiger partial charge on any atom is 0.103 e. The molecule has 1 aliphatic rings. The van der Waals surface area contributed by atoms with E-state index in [-0.39, 0.29) is 0 Å². The third-order valence-electron chi connectivity index (χ3n) is 4.17. The molecule has 1 aliphatic heterocycles. The first-order valence-electron chi connectivity index (χ1n) is 7.48. The fourth-order valence-electron chi connectivity index (χ4n) is 2.89. The Bertz CT molecular complexity index is 477. The van der Waals surface area contributed by atoms with Gasteiger partial charge in [-0.05, 0) is 39.0 Å². The molecule has 1 aromatic carbocycles. The molecule has 0 spiro atoms. The van der Waals surface area contributed by atoms with Crippen LogP contribution in [0.15, 0.2) is 24.3 Å². The van der Waals surface area contributed by atoms with Crippen LogP contribution >= 0.6 is 12.2 Å². The molecule has 3 N–H and O–H groups in total. The lowest BCUT2D eigenvalue weighted by atomic mass is 10.1. The Labute approximate surface area is 132 Å². The topological polar surface area (TPSA) is 52.7 Å². The van der Waals surface area contributed by atoms with Crippen molar-refractivity contribution in [3.05, 3.63) is 35.4 Å². The molecule has 2 unspecified atom stereocenters. The molecular weight excluding hydrogens is 282 g/mol. The molecule has 0 saturated carbocycles. The Morgan fingerprint density at radius 1 is 1.38 bits per heavy atom. The van der Waals surface area contributed by atoms with Crippen molar-refractivity contribution < 1.29 is 5.11 Å². The first kappa shape index (κ1) is 16.4. The molecule has 2 rings (SSSR count). The van der Waals surface area contributed by atoms with E-state index in [0.717, 1.165) is 37.2 Å². The number of nitrogens with zero attached hydrogens (tertiary/aromatic N) is 2. The number of benzene rings is 1. The van der Waals surface area contributed by atoms with Crippen molar-refractivity contribution in [3.8, 4) is 0 Å². The van der Waals surface area contributed by atoms with Crippen LogP contribution in [0.4, 0.5) is 0 Å². The Morgan fingerprint density at radius 2 is 2.05 bits per heavy atom. The van der Waals surface area contributed by atoms with Crippen molar-refractivity contribution in [3.63, 3.8) is 0 Å². The standard InChI is InChI=1S/C16H25N3OS/c1-12-10-18(2)8-3-9-19(12)11-15(20)13-4-6-14(7-5-13)16(17)21/h4-7,12,15,20H,3,8-11H2,1-2H3,(H2,17,21). The van der Waals surface area contributed by atoms with E-state index in [0.29, 0.717) is 17.6 Å². The largest absolute Gasteiger partial charge is 0.389 e. The van der Waals surface area contributed by atoms with Crippen LogP contribution in [0.3, 0.4) is 0 Å². The van der Waals surface area contributed by atoms with Crippen LogP contribution in [0.2, 0.25) is 0 Å². The van der Waals surface area contributed by atoms with Crippen LogP contribution in [0, 0.1) is 0 Å². The van der Waals surface area contributed by atoms with E-state index in [1.54, 1.807) is 0 Å². The SMILES string of the molecule is CC1CN(C)CCCN1CC(O)c1ccc(C(N)=S)cc1. The van der Waals surface area contributed by atoms with Gasteiger partial charge in [-0.15, -0.1) is 0 Å². The summed E-state index contributed by atoms with van der Waals surface area (Å²) in [6.45, 7) is 6.10. The molecule has 116 valence electrons. The summed E-state index contributed by atoms with van der Waals surface area (Å²) in [5.41, 5.74) is 7.35. The van der Waals surface area contributed by atoms with Crippen molar-refractivity contribution in [1.82, 2.24) is 9.80 Å². The number of nitrogens with two attached hydrogens (primary N) is 1. The summed E-state index contributed by atoms with van der Waals surface area (Å²) in [4.78, 5) is 5.11. The highest BCUT2D eigenvalue weighted by atomic mass is 32.1. The molecule has 0 aromatic heterocycles. The minimum atomic E-state index is -0.476. The van der Waals surface area contributed by atoms with Crippen molar-refractivity contribution in [2.24, 2.45) is 5.73 Å². The molecule has 0 aliphatic carbocycles. The first-order chi connectivity index (χ1) is 9.97. The molecule has 1 heterocycles. The maximum absolute atomic E-state index is 10.5. The Hall–Kier alpha value is -1.01. The summed E-state index contributed by atoms with van der Waals surface area (Å²) in [5, 5.41) is 10.5. The maximum atomic E-state index is 10.5. The van der Waals surface area contributed by atoms with Gasteiger partial charge in [0.2, 0.25) is 0 Å². The Balaban J connectivity index is 1.99. The van der Waals surface area contributed by atoms with Crippen LogP contribution in [0.1, 0.15) is 30.6 Å². The monoisotopic (exact) mass is 307 g/mol. The fraction of sp³-hybridized carbons (Fsp3) is 0.562. The second-order valence-corrected chi connectivity index (χ2v) is 6.40. The molecule has 0 amide bonds. The summed E-state index contributed by atoms with van der Waals surface area (Å²) in [6, 6.07) is 8.03. The van der Waals surface area contributed by atoms with Crippen molar-refractivity contribution in [2.75, 3.05) is 33.2 Å². The summed E-state index contributed by atoms with van der Waals surface area (Å²) < 4.78 is 0. The number of hydrogen-bond donors (Lipinski definition) is 2. The quantitative estimate of drug-likeness (QED) is 0.823. The molecule has 2 atom stereocenters. The van der Waals surface area contributed by atoms with Crippen molar-refractivity contribution >= 4 is 17.2 Å². The average molecular weight is 307 g/mol. The smallest absolute Gasteiger partial charge is 0.103 e. The van der Waals surface area contributed by atoms with E-state index < -0.39 is 6.10 Å². The van der Waals surface area contributed by atoms with Gasteiger partial charge in [-0.25, -0.2) is 0 Å². The van der Waals surface area contributed by atoms with Gasteiger partial charge in [0, 0.05) is 24.7 Å². The minimum Gasteiger partial charge on any atom is -0.389 e. The summed E-state index contributed by atoms with van der Waals surface area (Å²) in [5.74, 6) is 0. The second kappa shape index (κ2) is 7.31. The predicted molar refractivity (Wildman–Crippen MR) is 90.4 cm³/mol. The van der Waals surface area contributed by atoms with E-state index in [9.17, 15) is 5.11 Å². The number of aliphatic hydroxyl groups excluding tert-OH is 1. The number of thiocarbonyl (C=S) groups is 1. The number of β-amino-alcohol motifs (C(OH)–C–C–N with tert-alkyl or cyclic N) is 1. The predicted octanol–water partition coefficient (Wildman–Crippen LogP) is 1.38. The lowest BCUT2D eigenvalue weighted by Crippen LogP contribution is -2.40. The number of hydrogen-bond acceptors (Lipinski definition) is 4. The lowest BCUT2D eigenvalue weighted by Gasteiger charge is -2.29. The Kier molecular flexibility index (Phi) is 5.70. The minimum absolute atomic E-state index is 0.389. The van der Waals surface area contributed by atoms with Gasteiger partial charge in [0.05, 0.1) is 6.10 Å². The number of aliphatic hydroxyl groups is 1. The lowest BCUT2D eigenvalue weighted by molar-refractivity contribution is 0.0920. The van der Waals surface area contributed by atoms with E-state index in [4.69, 9.17) is 18.0 Å². The third-order valence-corrected chi connectivity index (χ3v) is 4.41.